The van der Waals surface area contributed by atoms with Crippen molar-refractivity contribution in [2.24, 2.45) is 0 Å². The maximum absolute atomic E-state index is 12.4. The fraction of sp³-hybridized carbons (Fsp3) is 0.435. The van der Waals surface area contributed by atoms with E-state index in [2.05, 4.69) is 40.5 Å². The lowest BCUT2D eigenvalue weighted by molar-refractivity contribution is -0.123. The summed E-state index contributed by atoms with van der Waals surface area (Å²) in [5.74, 6) is 0.959. The highest BCUT2D eigenvalue weighted by molar-refractivity contribution is 5.78. The molecule has 1 heterocycles. The fourth-order valence-corrected chi connectivity index (χ4v) is 3.69. The van der Waals surface area contributed by atoms with E-state index in [-0.39, 0.29) is 11.9 Å². The summed E-state index contributed by atoms with van der Waals surface area (Å²) >= 11 is 0. The number of likely N-dealkylation sites (N-methyl/N-ethyl adjacent to an activating group) is 1. The average Bonchev–Trinajstić information content (AvgIpc) is 2.70. The van der Waals surface area contributed by atoms with Crippen molar-refractivity contribution in [3.8, 4) is 5.75 Å². The topological polar surface area (TPSA) is 44.8 Å². The maximum atomic E-state index is 12.4. The van der Waals surface area contributed by atoms with Crippen LogP contribution < -0.4 is 10.1 Å². The zero-order valence-corrected chi connectivity index (χ0v) is 16.9. The van der Waals surface area contributed by atoms with Crippen LogP contribution in [0.25, 0.3) is 0 Å². The normalized spacial score (nSPS) is 15.5. The number of piperidine rings is 1. The van der Waals surface area contributed by atoms with Gasteiger partial charge in [-0.15, -0.1) is 0 Å². The molecule has 1 aliphatic heterocycles. The number of amides is 1. The molecular weight excluding hydrogens is 350 g/mol. The predicted molar refractivity (Wildman–Crippen MR) is 112 cm³/mol. The van der Waals surface area contributed by atoms with Crippen molar-refractivity contribution in [1.82, 2.24) is 15.1 Å². The number of benzene rings is 2. The van der Waals surface area contributed by atoms with Crippen LogP contribution in [-0.2, 0) is 17.9 Å². The molecule has 2 aromatic rings. The number of rotatable bonds is 8. The van der Waals surface area contributed by atoms with Gasteiger partial charge in [0.1, 0.15) is 5.75 Å². The average molecular weight is 382 g/mol. The Morgan fingerprint density at radius 2 is 1.75 bits per heavy atom. The molecule has 0 aromatic heterocycles. The predicted octanol–water partition coefficient (Wildman–Crippen LogP) is 2.91. The maximum Gasteiger partial charge on any atom is 0.234 e. The number of ether oxygens (including phenoxy) is 1. The van der Waals surface area contributed by atoms with E-state index in [4.69, 9.17) is 4.74 Å². The number of nitrogens with zero attached hydrogens (tertiary/aromatic N) is 2. The second kappa shape index (κ2) is 10.2. The van der Waals surface area contributed by atoms with Gasteiger partial charge in [-0.2, -0.15) is 0 Å². The zero-order chi connectivity index (χ0) is 19.8. The molecule has 2 aromatic carbocycles. The zero-order valence-electron chi connectivity index (χ0n) is 16.9. The Morgan fingerprint density at radius 1 is 1.07 bits per heavy atom. The van der Waals surface area contributed by atoms with Crippen LogP contribution in [0.2, 0.25) is 0 Å². The monoisotopic (exact) mass is 381 g/mol. The van der Waals surface area contributed by atoms with Crippen molar-refractivity contribution >= 4 is 5.91 Å². The summed E-state index contributed by atoms with van der Waals surface area (Å²) in [5.41, 5.74) is 2.52. The third-order valence-electron chi connectivity index (χ3n) is 5.23. The molecule has 1 N–H and O–H groups in total. The molecular formula is C23H31N3O2. The number of hydrogen-bond acceptors (Lipinski definition) is 4. The molecule has 1 fully saturated rings. The Bertz CT molecular complexity index is 725. The number of nitrogens with one attached hydrogen (secondary N) is 1. The molecule has 150 valence electrons. The van der Waals surface area contributed by atoms with Gasteiger partial charge in [0.15, 0.2) is 0 Å². The van der Waals surface area contributed by atoms with Crippen LogP contribution in [0.1, 0.15) is 24.0 Å². The molecule has 0 radical (unpaired) electrons. The van der Waals surface area contributed by atoms with Gasteiger partial charge in [0, 0.05) is 32.2 Å². The number of likely N-dealkylation sites (tertiary alicyclic amines) is 1. The van der Waals surface area contributed by atoms with Gasteiger partial charge in [-0.3, -0.25) is 14.6 Å². The van der Waals surface area contributed by atoms with Crippen molar-refractivity contribution in [2.75, 3.05) is 33.8 Å². The van der Waals surface area contributed by atoms with E-state index in [1.807, 2.05) is 36.2 Å². The molecule has 1 saturated heterocycles. The minimum absolute atomic E-state index is 0.109. The van der Waals surface area contributed by atoms with Crippen molar-refractivity contribution < 1.29 is 9.53 Å². The van der Waals surface area contributed by atoms with E-state index >= 15 is 0 Å². The van der Waals surface area contributed by atoms with Gasteiger partial charge < -0.3 is 10.1 Å². The van der Waals surface area contributed by atoms with Gasteiger partial charge in [-0.25, -0.2) is 0 Å². The van der Waals surface area contributed by atoms with E-state index in [9.17, 15) is 4.79 Å². The Morgan fingerprint density at radius 3 is 2.39 bits per heavy atom. The van der Waals surface area contributed by atoms with Gasteiger partial charge in [0.05, 0.1) is 13.7 Å². The highest BCUT2D eigenvalue weighted by atomic mass is 16.5. The Balaban J connectivity index is 1.36. The van der Waals surface area contributed by atoms with Crippen LogP contribution in [0, 0.1) is 0 Å². The molecule has 5 nitrogen and oxygen atoms in total. The smallest absolute Gasteiger partial charge is 0.234 e. The quantitative estimate of drug-likeness (QED) is 0.764. The summed E-state index contributed by atoms with van der Waals surface area (Å²) in [4.78, 5) is 16.9. The molecule has 0 aliphatic carbocycles. The first-order valence-electron chi connectivity index (χ1n) is 9.99. The van der Waals surface area contributed by atoms with Crippen LogP contribution in [0.3, 0.4) is 0 Å². The van der Waals surface area contributed by atoms with Crippen LogP contribution in [0.15, 0.2) is 54.6 Å². The number of methoxy groups -OCH3 is 1. The van der Waals surface area contributed by atoms with Crippen molar-refractivity contribution in [3.05, 3.63) is 65.7 Å². The Kier molecular flexibility index (Phi) is 7.46. The molecule has 3 rings (SSSR count). The highest BCUT2D eigenvalue weighted by Gasteiger charge is 2.21. The SMILES string of the molecule is COc1ccc(CN(C)CC(=O)NC2CCN(Cc3ccccc3)CC2)cc1. The van der Waals surface area contributed by atoms with Crippen LogP contribution in [0.5, 0.6) is 5.75 Å². The van der Waals surface area contributed by atoms with E-state index < -0.39 is 0 Å². The minimum Gasteiger partial charge on any atom is -0.497 e. The molecule has 5 heteroatoms. The van der Waals surface area contributed by atoms with Crippen molar-refractivity contribution in [2.45, 2.75) is 32.0 Å². The van der Waals surface area contributed by atoms with E-state index in [1.165, 1.54) is 11.1 Å². The van der Waals surface area contributed by atoms with Crippen molar-refractivity contribution in [3.63, 3.8) is 0 Å². The lowest BCUT2D eigenvalue weighted by Crippen LogP contribution is -2.46. The third-order valence-corrected chi connectivity index (χ3v) is 5.23. The molecule has 0 saturated carbocycles. The van der Waals surface area contributed by atoms with Gasteiger partial charge in [0.25, 0.3) is 0 Å². The second-order valence-electron chi connectivity index (χ2n) is 7.62. The summed E-state index contributed by atoms with van der Waals surface area (Å²) in [6.07, 6.45) is 2.03. The first-order chi connectivity index (χ1) is 13.6. The molecule has 0 unspecified atom stereocenters. The minimum atomic E-state index is 0.109. The molecule has 28 heavy (non-hydrogen) atoms. The number of carbonyl (C=O) groups excluding carboxylic acids is 1. The summed E-state index contributed by atoms with van der Waals surface area (Å²) in [6.45, 7) is 4.21. The third kappa shape index (κ3) is 6.36. The Hall–Kier alpha value is -2.37. The number of carbonyl (C=O) groups is 1. The fourth-order valence-electron chi connectivity index (χ4n) is 3.69. The molecule has 1 aliphatic rings. The summed E-state index contributed by atoms with van der Waals surface area (Å²) in [6, 6.07) is 18.8. The van der Waals surface area contributed by atoms with Crippen LogP contribution >= 0.6 is 0 Å². The first-order valence-corrected chi connectivity index (χ1v) is 9.99. The lowest BCUT2D eigenvalue weighted by Gasteiger charge is -2.32. The highest BCUT2D eigenvalue weighted by Crippen LogP contribution is 2.14. The lowest BCUT2D eigenvalue weighted by atomic mass is 10.0. The van der Waals surface area contributed by atoms with Gasteiger partial charge in [0.2, 0.25) is 5.91 Å². The van der Waals surface area contributed by atoms with E-state index in [1.54, 1.807) is 7.11 Å². The van der Waals surface area contributed by atoms with Gasteiger partial charge >= 0.3 is 0 Å². The summed E-state index contributed by atoms with van der Waals surface area (Å²) in [7, 11) is 3.64. The van der Waals surface area contributed by atoms with Crippen LogP contribution in [-0.4, -0.2) is 55.5 Å². The van der Waals surface area contributed by atoms with E-state index in [0.717, 1.165) is 44.8 Å². The molecule has 0 bridgehead atoms. The van der Waals surface area contributed by atoms with Gasteiger partial charge in [-0.05, 0) is 43.1 Å². The molecule has 0 atom stereocenters. The standard InChI is InChI=1S/C23H31N3O2/c1-25(16-20-8-10-22(28-2)11-9-20)18-23(27)24-21-12-14-26(15-13-21)17-19-6-4-3-5-7-19/h3-11,21H,12-18H2,1-2H3,(H,24,27). The van der Waals surface area contributed by atoms with Crippen LogP contribution in [0.4, 0.5) is 0 Å². The summed E-state index contributed by atoms with van der Waals surface area (Å²) in [5, 5.41) is 3.21. The first kappa shape index (κ1) is 20.4. The van der Waals surface area contributed by atoms with Crippen molar-refractivity contribution in [1.29, 1.82) is 0 Å². The number of hydrogen-bond donors (Lipinski definition) is 1. The Labute approximate surface area is 168 Å². The molecule has 1 amide bonds. The van der Waals surface area contributed by atoms with E-state index in [0.29, 0.717) is 6.54 Å². The summed E-state index contributed by atoms with van der Waals surface area (Å²) < 4.78 is 5.18. The van der Waals surface area contributed by atoms with Gasteiger partial charge in [-0.1, -0.05) is 42.5 Å². The molecule has 0 spiro atoms. The largest absolute Gasteiger partial charge is 0.497 e. The second-order valence-corrected chi connectivity index (χ2v) is 7.62.